The zero-order valence-electron chi connectivity index (χ0n) is 15.4. The molecule has 2 heterocycles. The van der Waals surface area contributed by atoms with Gasteiger partial charge in [-0.25, -0.2) is 4.39 Å². The van der Waals surface area contributed by atoms with E-state index in [2.05, 4.69) is 9.88 Å². The molecule has 3 rings (SSSR count). The third-order valence-electron chi connectivity index (χ3n) is 4.67. The van der Waals surface area contributed by atoms with Gasteiger partial charge in [-0.2, -0.15) is 0 Å². The van der Waals surface area contributed by atoms with E-state index in [1.165, 1.54) is 6.07 Å². The van der Waals surface area contributed by atoms with Crippen LogP contribution >= 0.6 is 0 Å². The Balaban J connectivity index is 1.52. The molecular weight excluding hydrogens is 333 g/mol. The maximum atomic E-state index is 13.7. The minimum absolute atomic E-state index is 0.0269. The highest BCUT2D eigenvalue weighted by atomic mass is 19.1. The fourth-order valence-corrected chi connectivity index (χ4v) is 3.25. The lowest BCUT2D eigenvalue weighted by molar-refractivity contribution is -0.0132. The van der Waals surface area contributed by atoms with Crippen LogP contribution in [-0.2, 0) is 17.9 Å². The van der Waals surface area contributed by atoms with E-state index in [0.717, 1.165) is 38.2 Å². The Bertz CT molecular complexity index is 744. The van der Waals surface area contributed by atoms with Gasteiger partial charge < -0.3 is 14.6 Å². The Labute approximate surface area is 153 Å². The Morgan fingerprint density at radius 2 is 2.12 bits per heavy atom. The van der Waals surface area contributed by atoms with Crippen molar-refractivity contribution in [2.45, 2.75) is 32.1 Å². The number of halogens is 1. The molecule has 1 aromatic heterocycles. The summed E-state index contributed by atoms with van der Waals surface area (Å²) in [6, 6.07) is 10.5. The molecule has 1 fully saturated rings. The van der Waals surface area contributed by atoms with Crippen molar-refractivity contribution in [1.82, 2.24) is 14.8 Å². The first-order valence-corrected chi connectivity index (χ1v) is 9.00. The molecule has 0 aliphatic carbocycles. The number of benzene rings is 1. The number of carbonyl (C=O) groups is 1. The van der Waals surface area contributed by atoms with E-state index in [-0.39, 0.29) is 17.8 Å². The molecule has 1 amide bonds. The number of nitrogens with zero attached hydrogens (tertiary/aromatic N) is 2. The van der Waals surface area contributed by atoms with Gasteiger partial charge in [-0.15, -0.1) is 0 Å². The van der Waals surface area contributed by atoms with Crippen LogP contribution in [0.25, 0.3) is 0 Å². The summed E-state index contributed by atoms with van der Waals surface area (Å²) >= 11 is 0. The van der Waals surface area contributed by atoms with Gasteiger partial charge in [0.2, 0.25) is 0 Å². The quantitative estimate of drug-likeness (QED) is 0.862. The molecule has 2 aromatic rings. The summed E-state index contributed by atoms with van der Waals surface area (Å²) in [5.74, 6) is -0.245. The largest absolute Gasteiger partial charge is 0.372 e. The monoisotopic (exact) mass is 359 g/mol. The van der Waals surface area contributed by atoms with E-state index in [9.17, 15) is 9.18 Å². The van der Waals surface area contributed by atoms with E-state index in [1.54, 1.807) is 31.1 Å². The second-order valence-electron chi connectivity index (χ2n) is 7.00. The van der Waals surface area contributed by atoms with Crippen LogP contribution in [-0.4, -0.2) is 54.0 Å². The van der Waals surface area contributed by atoms with Crippen LogP contribution in [0.4, 0.5) is 4.39 Å². The van der Waals surface area contributed by atoms with Crippen molar-refractivity contribution in [3.8, 4) is 0 Å². The van der Waals surface area contributed by atoms with E-state index in [0.29, 0.717) is 17.9 Å². The summed E-state index contributed by atoms with van der Waals surface area (Å²) in [5.41, 5.74) is 2.22. The van der Waals surface area contributed by atoms with Crippen molar-refractivity contribution in [1.29, 1.82) is 0 Å². The third-order valence-corrected chi connectivity index (χ3v) is 4.67. The topological polar surface area (TPSA) is 48.6 Å². The van der Waals surface area contributed by atoms with Gasteiger partial charge in [-0.3, -0.25) is 9.69 Å². The number of nitrogens with one attached hydrogen (secondary N) is 1. The number of aromatic nitrogens is 1. The van der Waals surface area contributed by atoms with Crippen LogP contribution in [0.3, 0.4) is 0 Å². The molecule has 1 aromatic carbocycles. The Kier molecular flexibility index (Phi) is 6.06. The maximum Gasteiger partial charge on any atom is 0.269 e. The number of hydrogen-bond donors (Lipinski definition) is 1. The van der Waals surface area contributed by atoms with Crippen molar-refractivity contribution in [3.63, 3.8) is 0 Å². The van der Waals surface area contributed by atoms with Crippen molar-refractivity contribution >= 4 is 5.91 Å². The molecule has 26 heavy (non-hydrogen) atoms. The number of hydrogen-bond acceptors (Lipinski definition) is 3. The lowest BCUT2D eigenvalue weighted by Crippen LogP contribution is -2.39. The third kappa shape index (κ3) is 4.71. The highest BCUT2D eigenvalue weighted by Gasteiger charge is 2.21. The lowest BCUT2D eigenvalue weighted by atomic mass is 10.1. The van der Waals surface area contributed by atoms with Crippen LogP contribution in [0, 0.1) is 5.82 Å². The minimum atomic E-state index is -0.218. The molecule has 0 saturated carbocycles. The summed E-state index contributed by atoms with van der Waals surface area (Å²) in [7, 11) is 3.48. The molecule has 1 atom stereocenters. The van der Waals surface area contributed by atoms with E-state index in [1.807, 2.05) is 18.2 Å². The molecule has 6 heteroatoms. The predicted octanol–water partition coefficient (Wildman–Crippen LogP) is 3.04. The molecule has 0 bridgehead atoms. The predicted molar refractivity (Wildman–Crippen MR) is 98.3 cm³/mol. The number of amides is 1. The van der Waals surface area contributed by atoms with Gasteiger partial charge in [-0.05, 0) is 37.6 Å². The molecule has 1 aliphatic rings. The van der Waals surface area contributed by atoms with Crippen LogP contribution < -0.4 is 0 Å². The minimum Gasteiger partial charge on any atom is -0.372 e. The average molecular weight is 359 g/mol. The van der Waals surface area contributed by atoms with Crippen molar-refractivity contribution in [2.24, 2.45) is 0 Å². The van der Waals surface area contributed by atoms with Gasteiger partial charge in [0.05, 0.1) is 12.7 Å². The summed E-state index contributed by atoms with van der Waals surface area (Å²) in [6.07, 6.45) is 2.13. The van der Waals surface area contributed by atoms with Gasteiger partial charge in [0.1, 0.15) is 11.5 Å². The van der Waals surface area contributed by atoms with E-state index >= 15 is 0 Å². The number of aromatic amines is 1. The first-order valence-electron chi connectivity index (χ1n) is 9.00. The summed E-state index contributed by atoms with van der Waals surface area (Å²) in [4.78, 5) is 19.0. The number of likely N-dealkylation sites (tertiary alicyclic amines) is 1. The van der Waals surface area contributed by atoms with Crippen LogP contribution in [0.5, 0.6) is 0 Å². The van der Waals surface area contributed by atoms with Gasteiger partial charge >= 0.3 is 0 Å². The standard InChI is InChI=1S/C20H26FN3O2/c1-23(2)20(25)19-10-9-16(22-19)12-24-11-5-7-17(13-24)26-14-15-6-3-4-8-18(15)21/h3-4,6,8-10,17,22H,5,7,11-14H2,1-2H3/t17-/m0/s1. The number of H-pyrrole nitrogens is 1. The molecule has 0 unspecified atom stereocenters. The lowest BCUT2D eigenvalue weighted by Gasteiger charge is -2.32. The second-order valence-corrected chi connectivity index (χ2v) is 7.00. The first kappa shape index (κ1) is 18.6. The Hall–Kier alpha value is -2.18. The fourth-order valence-electron chi connectivity index (χ4n) is 3.25. The molecule has 1 N–H and O–H groups in total. The van der Waals surface area contributed by atoms with Gasteiger partial charge in [0.15, 0.2) is 0 Å². The SMILES string of the molecule is CN(C)C(=O)c1ccc(CN2CCC[C@H](OCc3ccccc3F)C2)[nH]1. The molecule has 140 valence electrons. The highest BCUT2D eigenvalue weighted by molar-refractivity contribution is 5.92. The number of rotatable bonds is 6. The van der Waals surface area contributed by atoms with Crippen molar-refractivity contribution in [2.75, 3.05) is 27.2 Å². The van der Waals surface area contributed by atoms with Gasteiger partial charge in [0, 0.05) is 38.4 Å². The summed E-state index contributed by atoms with van der Waals surface area (Å²) in [6.45, 7) is 2.86. The Morgan fingerprint density at radius 3 is 2.88 bits per heavy atom. The first-order chi connectivity index (χ1) is 12.5. The molecule has 0 spiro atoms. The highest BCUT2D eigenvalue weighted by Crippen LogP contribution is 2.18. The number of ether oxygens (including phenoxy) is 1. The van der Waals surface area contributed by atoms with Gasteiger partial charge in [-0.1, -0.05) is 18.2 Å². The summed E-state index contributed by atoms with van der Waals surface area (Å²) < 4.78 is 19.6. The second kappa shape index (κ2) is 8.47. The summed E-state index contributed by atoms with van der Waals surface area (Å²) in [5, 5.41) is 0. The van der Waals surface area contributed by atoms with Crippen LogP contribution in [0.1, 0.15) is 34.6 Å². The molecule has 1 saturated heterocycles. The zero-order chi connectivity index (χ0) is 18.5. The van der Waals surface area contributed by atoms with Crippen molar-refractivity contribution < 1.29 is 13.9 Å². The maximum absolute atomic E-state index is 13.7. The Morgan fingerprint density at radius 1 is 1.31 bits per heavy atom. The number of carbonyl (C=O) groups excluding carboxylic acids is 1. The number of piperidine rings is 1. The molecular formula is C20H26FN3O2. The molecule has 5 nitrogen and oxygen atoms in total. The normalized spacial score (nSPS) is 18.0. The van der Waals surface area contributed by atoms with E-state index < -0.39 is 0 Å². The van der Waals surface area contributed by atoms with Crippen molar-refractivity contribution in [3.05, 3.63) is 59.2 Å². The van der Waals surface area contributed by atoms with E-state index in [4.69, 9.17) is 4.74 Å². The smallest absolute Gasteiger partial charge is 0.269 e. The van der Waals surface area contributed by atoms with Gasteiger partial charge in [0.25, 0.3) is 5.91 Å². The molecule has 0 radical (unpaired) electrons. The van der Waals surface area contributed by atoms with Crippen LogP contribution in [0.2, 0.25) is 0 Å². The molecule has 1 aliphatic heterocycles. The fraction of sp³-hybridized carbons (Fsp3) is 0.450. The zero-order valence-corrected chi connectivity index (χ0v) is 15.4. The van der Waals surface area contributed by atoms with Crippen LogP contribution in [0.15, 0.2) is 36.4 Å². The average Bonchev–Trinajstić information content (AvgIpc) is 3.09.